The lowest BCUT2D eigenvalue weighted by Gasteiger charge is -2.03. The van der Waals surface area contributed by atoms with E-state index in [0.29, 0.717) is 16.5 Å². The first kappa shape index (κ1) is 15.9. The van der Waals surface area contributed by atoms with E-state index < -0.39 is 11.8 Å². The highest BCUT2D eigenvalue weighted by molar-refractivity contribution is 9.10. The van der Waals surface area contributed by atoms with Crippen LogP contribution in [0.5, 0.6) is 0 Å². The van der Waals surface area contributed by atoms with Crippen molar-refractivity contribution in [2.24, 2.45) is 10.8 Å². The van der Waals surface area contributed by atoms with Crippen LogP contribution in [0.2, 0.25) is 0 Å². The van der Waals surface area contributed by atoms with Crippen LogP contribution in [0.3, 0.4) is 0 Å². The molecule has 0 radical (unpaired) electrons. The van der Waals surface area contributed by atoms with Gasteiger partial charge >= 0.3 is 0 Å². The molecule has 0 aliphatic carbocycles. The average molecular weight is 386 g/mol. The molecule has 0 fully saturated rings. The highest BCUT2D eigenvalue weighted by Gasteiger charge is 2.10. The number of benzene rings is 2. The molecule has 2 aromatic carbocycles. The molecular formula is C17H12BrN3O3. The van der Waals surface area contributed by atoms with E-state index in [1.807, 2.05) is 0 Å². The van der Waals surface area contributed by atoms with Crippen LogP contribution in [0.1, 0.15) is 20.7 Å². The molecule has 0 spiro atoms. The third-order valence-electron chi connectivity index (χ3n) is 3.27. The average Bonchev–Trinajstić information content (AvgIpc) is 2.59. The van der Waals surface area contributed by atoms with E-state index >= 15 is 0 Å². The van der Waals surface area contributed by atoms with E-state index in [1.54, 1.807) is 54.6 Å². The SMILES string of the molecule is NC(=O)c1cc2cc(Br)ccc2o/c1=N/NC(=O)c1ccccc1. The van der Waals surface area contributed by atoms with Crippen LogP contribution in [-0.2, 0) is 0 Å². The molecule has 3 rings (SSSR count). The molecule has 0 aliphatic rings. The Bertz CT molecular complexity index is 997. The molecule has 0 aliphatic heterocycles. The molecule has 2 amide bonds. The lowest BCUT2D eigenvalue weighted by atomic mass is 10.2. The zero-order valence-electron chi connectivity index (χ0n) is 12.3. The maximum atomic E-state index is 12.0. The summed E-state index contributed by atoms with van der Waals surface area (Å²) in [5, 5.41) is 4.58. The maximum Gasteiger partial charge on any atom is 0.271 e. The molecule has 1 aromatic heterocycles. The molecule has 3 aromatic rings. The molecule has 0 saturated carbocycles. The molecule has 1 heterocycles. The molecule has 6 nitrogen and oxygen atoms in total. The van der Waals surface area contributed by atoms with Crippen molar-refractivity contribution >= 4 is 38.7 Å². The van der Waals surface area contributed by atoms with Gasteiger partial charge in [0.05, 0.1) is 0 Å². The standard InChI is InChI=1S/C17H12BrN3O3/c18-12-6-7-14-11(8-12)9-13(15(19)22)17(24-14)21-20-16(23)10-4-2-1-3-5-10/h1-9H,(H2,19,22)(H,20,23)/b21-17+. The van der Waals surface area contributed by atoms with Crippen LogP contribution in [0.25, 0.3) is 11.0 Å². The second-order valence-electron chi connectivity index (χ2n) is 4.93. The predicted molar refractivity (Wildman–Crippen MR) is 91.9 cm³/mol. The Morgan fingerprint density at radius 1 is 1.08 bits per heavy atom. The Morgan fingerprint density at radius 3 is 2.54 bits per heavy atom. The number of carbonyl (C=O) groups is 2. The minimum atomic E-state index is -0.701. The summed E-state index contributed by atoms with van der Waals surface area (Å²) in [5.41, 5.74) is 8.71. The van der Waals surface area contributed by atoms with Gasteiger partial charge in [-0.25, -0.2) is 5.43 Å². The first-order valence-corrected chi connectivity index (χ1v) is 7.76. The number of amides is 2. The Hall–Kier alpha value is -2.93. The van der Waals surface area contributed by atoms with Gasteiger partial charge < -0.3 is 10.2 Å². The fourth-order valence-corrected chi connectivity index (χ4v) is 2.50. The van der Waals surface area contributed by atoms with Gasteiger partial charge in [-0.3, -0.25) is 9.59 Å². The van der Waals surface area contributed by atoms with Gasteiger partial charge in [0, 0.05) is 15.4 Å². The van der Waals surface area contributed by atoms with Crippen molar-refractivity contribution in [3.05, 3.63) is 75.8 Å². The van der Waals surface area contributed by atoms with Crippen LogP contribution in [-0.4, -0.2) is 11.8 Å². The van der Waals surface area contributed by atoms with E-state index in [0.717, 1.165) is 4.47 Å². The monoisotopic (exact) mass is 385 g/mol. The van der Waals surface area contributed by atoms with Crippen molar-refractivity contribution in [2.75, 3.05) is 0 Å². The number of nitrogens with one attached hydrogen (secondary N) is 1. The molecule has 0 unspecified atom stereocenters. The third-order valence-corrected chi connectivity index (χ3v) is 3.76. The molecular weight excluding hydrogens is 374 g/mol. The normalized spacial score (nSPS) is 11.5. The number of rotatable bonds is 3. The van der Waals surface area contributed by atoms with Crippen LogP contribution in [0, 0.1) is 0 Å². The third kappa shape index (κ3) is 3.36. The van der Waals surface area contributed by atoms with Gasteiger partial charge in [-0.2, -0.15) is 0 Å². The summed E-state index contributed by atoms with van der Waals surface area (Å²) >= 11 is 3.35. The Kier molecular flexibility index (Phi) is 4.43. The van der Waals surface area contributed by atoms with Gasteiger partial charge in [-0.15, -0.1) is 5.10 Å². The van der Waals surface area contributed by atoms with Gasteiger partial charge in [0.1, 0.15) is 11.1 Å². The largest absolute Gasteiger partial charge is 0.436 e. The summed E-state index contributed by atoms with van der Waals surface area (Å²) in [7, 11) is 0. The molecule has 7 heteroatoms. The van der Waals surface area contributed by atoms with E-state index in [1.165, 1.54) is 0 Å². The number of halogens is 1. The minimum absolute atomic E-state index is 0.0541. The number of hydrogen-bond donors (Lipinski definition) is 2. The molecule has 3 N–H and O–H groups in total. The minimum Gasteiger partial charge on any atom is -0.436 e. The van der Waals surface area contributed by atoms with Gasteiger partial charge in [-0.05, 0) is 36.4 Å². The van der Waals surface area contributed by atoms with Crippen molar-refractivity contribution < 1.29 is 14.0 Å². The van der Waals surface area contributed by atoms with Gasteiger partial charge in [-0.1, -0.05) is 34.1 Å². The smallest absolute Gasteiger partial charge is 0.271 e. The zero-order valence-corrected chi connectivity index (χ0v) is 13.9. The van der Waals surface area contributed by atoms with Crippen LogP contribution in [0.15, 0.2) is 68.6 Å². The van der Waals surface area contributed by atoms with Crippen molar-refractivity contribution in [2.45, 2.75) is 0 Å². The van der Waals surface area contributed by atoms with E-state index in [4.69, 9.17) is 10.2 Å². The second-order valence-corrected chi connectivity index (χ2v) is 5.85. The Balaban J connectivity index is 2.04. The lowest BCUT2D eigenvalue weighted by Crippen LogP contribution is -2.27. The fraction of sp³-hybridized carbons (Fsp3) is 0. The summed E-state index contributed by atoms with van der Waals surface area (Å²) in [5.74, 6) is -1.12. The van der Waals surface area contributed by atoms with E-state index in [9.17, 15) is 9.59 Å². The number of carbonyl (C=O) groups excluding carboxylic acids is 2. The molecule has 0 saturated heterocycles. The number of hydrogen-bond acceptors (Lipinski definition) is 4. The Labute approximate surface area is 145 Å². The Morgan fingerprint density at radius 2 is 1.83 bits per heavy atom. The van der Waals surface area contributed by atoms with E-state index in [-0.39, 0.29) is 11.1 Å². The fourth-order valence-electron chi connectivity index (χ4n) is 2.12. The van der Waals surface area contributed by atoms with Crippen molar-refractivity contribution in [3.8, 4) is 0 Å². The highest BCUT2D eigenvalue weighted by atomic mass is 79.9. The summed E-state index contributed by atoms with van der Waals surface area (Å²) in [6, 6.07) is 15.4. The highest BCUT2D eigenvalue weighted by Crippen LogP contribution is 2.19. The maximum absolute atomic E-state index is 12.0. The number of nitrogens with two attached hydrogens (primary N) is 1. The second kappa shape index (κ2) is 6.67. The summed E-state index contributed by atoms with van der Waals surface area (Å²) in [6.07, 6.45) is 0. The van der Waals surface area contributed by atoms with Crippen LogP contribution < -0.4 is 16.7 Å². The molecule has 0 atom stereocenters. The molecule has 0 bridgehead atoms. The van der Waals surface area contributed by atoms with Crippen molar-refractivity contribution in [1.29, 1.82) is 0 Å². The summed E-state index contributed by atoms with van der Waals surface area (Å²) in [4.78, 5) is 23.7. The quantitative estimate of drug-likeness (QED) is 0.677. The molecule has 24 heavy (non-hydrogen) atoms. The predicted octanol–water partition coefficient (Wildman–Crippen LogP) is 2.54. The van der Waals surface area contributed by atoms with E-state index in [2.05, 4.69) is 26.5 Å². The van der Waals surface area contributed by atoms with Crippen LogP contribution in [0.4, 0.5) is 0 Å². The molecule has 120 valence electrons. The van der Waals surface area contributed by atoms with Gasteiger partial charge in [0.25, 0.3) is 11.8 Å². The number of fused-ring (bicyclic) bond motifs is 1. The zero-order chi connectivity index (χ0) is 17.1. The topological polar surface area (TPSA) is 97.7 Å². The summed E-state index contributed by atoms with van der Waals surface area (Å²) in [6.45, 7) is 0. The van der Waals surface area contributed by atoms with Gasteiger partial charge in [0.2, 0.25) is 5.55 Å². The first-order chi connectivity index (χ1) is 11.5. The first-order valence-electron chi connectivity index (χ1n) is 6.97. The van der Waals surface area contributed by atoms with Gasteiger partial charge in [0.15, 0.2) is 0 Å². The van der Waals surface area contributed by atoms with Crippen molar-refractivity contribution in [3.63, 3.8) is 0 Å². The lowest BCUT2D eigenvalue weighted by molar-refractivity contribution is 0.0946. The van der Waals surface area contributed by atoms with Crippen LogP contribution >= 0.6 is 15.9 Å². The number of nitrogens with zero attached hydrogens (tertiary/aromatic N) is 1. The number of primary amides is 1. The summed E-state index contributed by atoms with van der Waals surface area (Å²) < 4.78 is 6.43. The van der Waals surface area contributed by atoms with Crippen molar-refractivity contribution in [1.82, 2.24) is 5.43 Å².